The summed E-state index contributed by atoms with van der Waals surface area (Å²) in [6.07, 6.45) is 0. The molecule has 1 N–H and O–H groups in total. The van der Waals surface area contributed by atoms with Crippen LogP contribution in [0.5, 0.6) is 23.0 Å². The molecular formula is C25H29NO5. The van der Waals surface area contributed by atoms with Gasteiger partial charge in [-0.05, 0) is 42.0 Å². The normalized spacial score (nSPS) is 10.5. The molecule has 6 nitrogen and oxygen atoms in total. The van der Waals surface area contributed by atoms with Gasteiger partial charge in [0.1, 0.15) is 23.0 Å². The summed E-state index contributed by atoms with van der Waals surface area (Å²) in [5.41, 5.74) is 3.88. The van der Waals surface area contributed by atoms with E-state index in [1.807, 2.05) is 60.7 Å². The number of ether oxygens (including phenoxy) is 4. The molecule has 0 bridgehead atoms. The molecule has 0 aromatic heterocycles. The number of anilines is 1. The van der Waals surface area contributed by atoms with Crippen molar-refractivity contribution in [2.24, 2.45) is 0 Å². The van der Waals surface area contributed by atoms with Crippen molar-refractivity contribution in [2.45, 2.75) is 19.7 Å². The molecule has 0 amide bonds. The van der Waals surface area contributed by atoms with E-state index in [2.05, 4.69) is 4.90 Å². The lowest BCUT2D eigenvalue weighted by Crippen LogP contribution is -2.23. The highest BCUT2D eigenvalue weighted by atomic mass is 16.5. The summed E-state index contributed by atoms with van der Waals surface area (Å²) in [5, 5.41) is 9.62. The van der Waals surface area contributed by atoms with Crippen LogP contribution in [0, 0.1) is 0 Å². The van der Waals surface area contributed by atoms with Crippen LogP contribution in [0.2, 0.25) is 0 Å². The predicted molar refractivity (Wildman–Crippen MR) is 121 cm³/mol. The lowest BCUT2D eigenvalue weighted by molar-refractivity contribution is 0.282. The van der Waals surface area contributed by atoms with Gasteiger partial charge in [0.2, 0.25) is 0 Å². The second-order valence-corrected chi connectivity index (χ2v) is 7.04. The average Bonchev–Trinajstić information content (AvgIpc) is 2.83. The average molecular weight is 424 g/mol. The number of nitrogens with zero attached hydrogens (tertiary/aromatic N) is 1. The smallest absolute Gasteiger partial charge is 0.127 e. The van der Waals surface area contributed by atoms with Gasteiger partial charge in [-0.25, -0.2) is 0 Å². The molecule has 0 heterocycles. The zero-order valence-corrected chi connectivity index (χ0v) is 18.4. The van der Waals surface area contributed by atoms with E-state index >= 15 is 0 Å². The van der Waals surface area contributed by atoms with E-state index in [1.54, 1.807) is 28.4 Å². The second-order valence-electron chi connectivity index (χ2n) is 7.04. The van der Waals surface area contributed by atoms with Crippen LogP contribution in [0.15, 0.2) is 60.7 Å². The first-order valence-electron chi connectivity index (χ1n) is 9.98. The minimum Gasteiger partial charge on any atom is -0.497 e. The Hall–Kier alpha value is -3.38. The largest absolute Gasteiger partial charge is 0.497 e. The molecule has 0 radical (unpaired) electrons. The van der Waals surface area contributed by atoms with Crippen LogP contribution >= 0.6 is 0 Å². The SMILES string of the molecule is COc1ccc(CN(Cc2ccc(OC)cc2OC)c2cccc(CO)c2)c(OC)c1. The molecule has 0 aliphatic carbocycles. The number of aliphatic hydroxyl groups is 1. The van der Waals surface area contributed by atoms with E-state index in [0.29, 0.717) is 13.1 Å². The summed E-state index contributed by atoms with van der Waals surface area (Å²) in [6.45, 7) is 1.17. The maximum atomic E-state index is 9.62. The van der Waals surface area contributed by atoms with Crippen molar-refractivity contribution in [3.63, 3.8) is 0 Å². The summed E-state index contributed by atoms with van der Waals surface area (Å²) in [4.78, 5) is 2.22. The van der Waals surface area contributed by atoms with E-state index in [4.69, 9.17) is 18.9 Å². The number of methoxy groups -OCH3 is 4. The van der Waals surface area contributed by atoms with Crippen LogP contribution < -0.4 is 23.8 Å². The summed E-state index contributed by atoms with van der Waals surface area (Å²) < 4.78 is 21.9. The van der Waals surface area contributed by atoms with E-state index in [0.717, 1.165) is 45.4 Å². The van der Waals surface area contributed by atoms with Crippen molar-refractivity contribution in [3.8, 4) is 23.0 Å². The Balaban J connectivity index is 2.00. The highest BCUT2D eigenvalue weighted by molar-refractivity contribution is 5.53. The van der Waals surface area contributed by atoms with Gasteiger partial charge in [0, 0.05) is 42.0 Å². The summed E-state index contributed by atoms with van der Waals surface area (Å²) in [6, 6.07) is 19.5. The number of hydrogen-bond donors (Lipinski definition) is 1. The molecule has 31 heavy (non-hydrogen) atoms. The van der Waals surface area contributed by atoms with E-state index in [-0.39, 0.29) is 6.61 Å². The molecule has 0 aliphatic heterocycles. The molecule has 0 spiro atoms. The van der Waals surface area contributed by atoms with Gasteiger partial charge < -0.3 is 29.0 Å². The maximum absolute atomic E-state index is 9.62. The molecule has 6 heteroatoms. The van der Waals surface area contributed by atoms with Gasteiger partial charge in [0.25, 0.3) is 0 Å². The molecule has 0 saturated carbocycles. The van der Waals surface area contributed by atoms with Gasteiger partial charge in [0.05, 0.1) is 35.0 Å². The lowest BCUT2D eigenvalue weighted by atomic mass is 10.1. The van der Waals surface area contributed by atoms with Crippen molar-refractivity contribution < 1.29 is 24.1 Å². The summed E-state index contributed by atoms with van der Waals surface area (Å²) in [5.74, 6) is 2.99. The Morgan fingerprint density at radius 1 is 0.677 bits per heavy atom. The predicted octanol–water partition coefficient (Wildman–Crippen LogP) is 4.42. The molecule has 164 valence electrons. The Bertz CT molecular complexity index is 947. The quantitative estimate of drug-likeness (QED) is 0.521. The molecular weight excluding hydrogens is 394 g/mol. The van der Waals surface area contributed by atoms with Crippen LogP contribution in [-0.4, -0.2) is 33.5 Å². The number of benzene rings is 3. The first kappa shape index (κ1) is 22.3. The molecule has 0 unspecified atom stereocenters. The van der Waals surface area contributed by atoms with E-state index < -0.39 is 0 Å². The molecule has 0 atom stereocenters. The van der Waals surface area contributed by atoms with Crippen LogP contribution in [-0.2, 0) is 19.7 Å². The third-order valence-corrected chi connectivity index (χ3v) is 5.17. The Labute approximate surface area is 183 Å². The monoisotopic (exact) mass is 423 g/mol. The van der Waals surface area contributed by atoms with Crippen LogP contribution in [0.3, 0.4) is 0 Å². The topological polar surface area (TPSA) is 60.4 Å². The van der Waals surface area contributed by atoms with Crippen molar-refractivity contribution in [1.82, 2.24) is 0 Å². The standard InChI is InChI=1S/C25H29NO5/c1-28-22-10-8-19(24(13-22)30-3)15-26(21-7-5-6-18(12-21)17-27)16-20-9-11-23(29-2)14-25(20)31-4/h5-14,27H,15-17H2,1-4H3. The fourth-order valence-corrected chi connectivity index (χ4v) is 3.47. The van der Waals surface area contributed by atoms with Gasteiger partial charge in [0.15, 0.2) is 0 Å². The Morgan fingerprint density at radius 3 is 1.68 bits per heavy atom. The van der Waals surface area contributed by atoms with Gasteiger partial charge in [-0.3, -0.25) is 0 Å². The zero-order valence-electron chi connectivity index (χ0n) is 18.4. The minimum absolute atomic E-state index is 0.0145. The molecule has 0 fully saturated rings. The van der Waals surface area contributed by atoms with Gasteiger partial charge in [-0.1, -0.05) is 12.1 Å². The third-order valence-electron chi connectivity index (χ3n) is 5.17. The van der Waals surface area contributed by atoms with Crippen LogP contribution in [0.4, 0.5) is 5.69 Å². The molecule has 3 rings (SSSR count). The molecule has 0 aliphatic rings. The van der Waals surface area contributed by atoms with Crippen LogP contribution in [0.1, 0.15) is 16.7 Å². The van der Waals surface area contributed by atoms with Gasteiger partial charge >= 0.3 is 0 Å². The fourth-order valence-electron chi connectivity index (χ4n) is 3.47. The van der Waals surface area contributed by atoms with Crippen molar-refractivity contribution in [2.75, 3.05) is 33.3 Å². The van der Waals surface area contributed by atoms with Gasteiger partial charge in [-0.2, -0.15) is 0 Å². The highest BCUT2D eigenvalue weighted by Gasteiger charge is 2.16. The zero-order chi connectivity index (χ0) is 22.2. The number of rotatable bonds is 10. The lowest BCUT2D eigenvalue weighted by Gasteiger charge is -2.27. The summed E-state index contributed by atoms with van der Waals surface area (Å²) in [7, 11) is 6.58. The second kappa shape index (κ2) is 10.6. The molecule has 0 saturated heterocycles. The highest BCUT2D eigenvalue weighted by Crippen LogP contribution is 2.31. The van der Waals surface area contributed by atoms with E-state index in [9.17, 15) is 5.11 Å². The van der Waals surface area contributed by atoms with Crippen LogP contribution in [0.25, 0.3) is 0 Å². The molecule has 3 aromatic rings. The maximum Gasteiger partial charge on any atom is 0.127 e. The Kier molecular flexibility index (Phi) is 7.62. The van der Waals surface area contributed by atoms with Crippen molar-refractivity contribution >= 4 is 5.69 Å². The Morgan fingerprint density at radius 2 is 1.23 bits per heavy atom. The minimum atomic E-state index is -0.0145. The first-order valence-corrected chi connectivity index (χ1v) is 9.98. The van der Waals surface area contributed by atoms with E-state index in [1.165, 1.54) is 0 Å². The van der Waals surface area contributed by atoms with Crippen molar-refractivity contribution in [3.05, 3.63) is 77.4 Å². The summed E-state index contributed by atoms with van der Waals surface area (Å²) >= 11 is 0. The van der Waals surface area contributed by atoms with Crippen molar-refractivity contribution in [1.29, 1.82) is 0 Å². The number of hydrogen-bond acceptors (Lipinski definition) is 6. The fraction of sp³-hybridized carbons (Fsp3) is 0.280. The first-order chi connectivity index (χ1) is 15.1. The molecule has 3 aromatic carbocycles. The third kappa shape index (κ3) is 5.41. The van der Waals surface area contributed by atoms with Gasteiger partial charge in [-0.15, -0.1) is 0 Å². The number of aliphatic hydroxyl groups excluding tert-OH is 1.